The van der Waals surface area contributed by atoms with Gasteiger partial charge in [0.2, 0.25) is 65.0 Å². The molecule has 0 unspecified atom stereocenters. The molecule has 98 heavy (non-hydrogen) atoms. The van der Waals surface area contributed by atoms with Gasteiger partial charge >= 0.3 is 5.97 Å². The van der Waals surface area contributed by atoms with Crippen molar-refractivity contribution in [3.05, 3.63) is 12.2 Å². The molecule has 4 N–H and O–H groups in total. The lowest BCUT2D eigenvalue weighted by Crippen LogP contribution is -2.64. The first-order valence-corrected chi connectivity index (χ1v) is 35.3. The summed E-state index contributed by atoms with van der Waals surface area (Å²) in [5.41, 5.74) is 0. The van der Waals surface area contributed by atoms with E-state index in [-0.39, 0.29) is 49.9 Å². The Hall–Kier alpha value is -6.74. The molecular weight excluding hydrogens is 1260 g/mol. The van der Waals surface area contributed by atoms with Crippen LogP contribution in [0.5, 0.6) is 0 Å². The van der Waals surface area contributed by atoms with Crippen LogP contribution in [-0.4, -0.2) is 290 Å². The molecular formula is C71H127N13O14. The van der Waals surface area contributed by atoms with E-state index in [0.29, 0.717) is 26.2 Å². The monoisotopic (exact) mass is 1390 g/mol. The molecule has 0 spiro atoms. The van der Waals surface area contributed by atoms with E-state index >= 15 is 38.4 Å². The lowest BCUT2D eigenvalue weighted by molar-refractivity contribution is -0.164. The fourth-order valence-electron chi connectivity index (χ4n) is 13.1. The number of amides is 11. The number of ether oxygens (including phenoxy) is 2. The number of carbonyl (C=O) groups excluding carboxylic acids is 12. The fraction of sp³-hybridized carbons (Fsp3) is 0.803. The van der Waals surface area contributed by atoms with Gasteiger partial charge in [0, 0.05) is 103 Å². The van der Waals surface area contributed by atoms with Crippen molar-refractivity contribution in [1.82, 2.24) is 65.4 Å². The Bertz CT molecular complexity index is 2720. The van der Waals surface area contributed by atoms with Crippen molar-refractivity contribution in [3.63, 3.8) is 0 Å². The second-order valence-corrected chi connectivity index (χ2v) is 29.5. The number of likely N-dealkylation sites (N-methyl/N-ethyl adjacent to an activating group) is 7. The van der Waals surface area contributed by atoms with Crippen LogP contribution >= 0.6 is 0 Å². The van der Waals surface area contributed by atoms with Gasteiger partial charge in [-0.2, -0.15) is 0 Å². The van der Waals surface area contributed by atoms with Gasteiger partial charge in [-0.05, 0) is 101 Å². The molecule has 2 aliphatic rings. The van der Waals surface area contributed by atoms with Gasteiger partial charge in [0.25, 0.3) is 0 Å². The summed E-state index contributed by atoms with van der Waals surface area (Å²) >= 11 is 0. The minimum Gasteiger partial charge on any atom is -0.459 e. The Kier molecular flexibility index (Phi) is 36.1. The van der Waals surface area contributed by atoms with Crippen molar-refractivity contribution in [3.8, 4) is 0 Å². The summed E-state index contributed by atoms with van der Waals surface area (Å²) in [5.74, 6) is -11.3. The highest BCUT2D eigenvalue weighted by atomic mass is 16.5. The maximum Gasteiger partial charge on any atom is 0.303 e. The highest BCUT2D eigenvalue weighted by molar-refractivity contribution is 6.00. The lowest BCUT2D eigenvalue weighted by Gasteiger charge is -2.42. The number of methoxy groups -OCH3 is 1. The second-order valence-electron chi connectivity index (χ2n) is 29.5. The predicted molar refractivity (Wildman–Crippen MR) is 377 cm³/mol. The van der Waals surface area contributed by atoms with Crippen molar-refractivity contribution < 1.29 is 67.0 Å². The predicted octanol–water partition coefficient (Wildman–Crippen LogP) is 3.08. The van der Waals surface area contributed by atoms with Gasteiger partial charge in [-0.3, -0.25) is 62.4 Å². The number of allylic oxidation sites excluding steroid dienone is 2. The first kappa shape index (κ1) is 87.3. The maximum absolute atomic E-state index is 15.6. The van der Waals surface area contributed by atoms with Crippen molar-refractivity contribution >= 4 is 70.9 Å². The summed E-state index contributed by atoms with van der Waals surface area (Å²) in [6, 6.07) is -14.1. The van der Waals surface area contributed by atoms with Crippen LogP contribution in [0.25, 0.3) is 0 Å². The molecule has 0 radical (unpaired) electrons. The second kappa shape index (κ2) is 40.5. The fourth-order valence-corrected chi connectivity index (χ4v) is 13.1. The molecule has 0 bridgehead atoms. The highest BCUT2D eigenvalue weighted by Crippen LogP contribution is 2.28. The van der Waals surface area contributed by atoms with Crippen molar-refractivity contribution in [2.45, 2.75) is 229 Å². The third-order valence-electron chi connectivity index (χ3n) is 19.2. The average molecular weight is 1390 g/mol. The van der Waals surface area contributed by atoms with Crippen LogP contribution in [0.3, 0.4) is 0 Å². The number of hydrogen-bond donors (Lipinski definition) is 4. The van der Waals surface area contributed by atoms with Crippen LogP contribution in [0, 0.1) is 41.4 Å². The Morgan fingerprint density at radius 1 is 0.500 bits per heavy atom. The molecule has 2 aliphatic heterocycles. The SMILES string of the molecule is C/C=C/C[C@@H](C)[C@@H](OC(C)=O)[C@H]1C(=O)N[C@@H](CC)C(=O)N(C)[C@H](C)C(=O)N(C)[C@@H]([C@H](C)CN2CCN(CCOC)CC2)C(=O)N[C@@H](C(C)C)C(=O)N(C)[C@@H](CC(C)C)C(=O)N[C@@H](C)C(=O)N[C@H](C)C(=O)N(C)[C@@H](CC(C)C)C(=O)N(C)[C@@H](CC(C)C)C(=O)N(C)[C@@H](C(C)C)C(=O)N1C. The van der Waals surface area contributed by atoms with Gasteiger partial charge in [0.05, 0.1) is 6.61 Å². The average Bonchev–Trinajstić information content (AvgIpc) is 0.800. The highest BCUT2D eigenvalue weighted by Gasteiger charge is 2.48. The van der Waals surface area contributed by atoms with Gasteiger partial charge in [-0.25, -0.2) is 0 Å². The van der Waals surface area contributed by atoms with Crippen molar-refractivity contribution in [2.24, 2.45) is 41.4 Å². The molecule has 0 aromatic rings. The zero-order valence-corrected chi connectivity index (χ0v) is 64.4. The zero-order chi connectivity index (χ0) is 75.2. The largest absolute Gasteiger partial charge is 0.459 e. The van der Waals surface area contributed by atoms with E-state index in [1.807, 2.05) is 54.5 Å². The van der Waals surface area contributed by atoms with E-state index in [1.54, 1.807) is 61.7 Å². The number of esters is 1. The third kappa shape index (κ3) is 24.3. The third-order valence-corrected chi connectivity index (χ3v) is 19.2. The number of rotatable bonds is 20. The molecule has 2 saturated heterocycles. The minimum atomic E-state index is -1.63. The quantitative estimate of drug-likeness (QED) is 0.101. The van der Waals surface area contributed by atoms with Gasteiger partial charge in [-0.1, -0.05) is 102 Å². The zero-order valence-electron chi connectivity index (χ0n) is 64.4. The number of hydrogen-bond acceptors (Lipinski definition) is 16. The van der Waals surface area contributed by atoms with E-state index < -0.39 is 167 Å². The molecule has 0 aromatic heterocycles. The molecule has 2 fully saturated rings. The molecule has 0 aliphatic carbocycles. The molecule has 27 heteroatoms. The first-order chi connectivity index (χ1) is 45.5. The Labute approximate surface area is 586 Å². The van der Waals surface area contributed by atoms with Gasteiger partial charge in [0.1, 0.15) is 72.6 Å². The molecule has 560 valence electrons. The maximum atomic E-state index is 15.6. The van der Waals surface area contributed by atoms with Crippen LogP contribution in [0.1, 0.15) is 157 Å². The molecule has 2 rings (SSSR count). The minimum absolute atomic E-state index is 0.0215. The van der Waals surface area contributed by atoms with E-state index in [4.69, 9.17) is 9.47 Å². The Balaban J connectivity index is 3.12. The summed E-state index contributed by atoms with van der Waals surface area (Å²) in [5, 5.41) is 11.2. The summed E-state index contributed by atoms with van der Waals surface area (Å²) < 4.78 is 11.3. The summed E-state index contributed by atoms with van der Waals surface area (Å²) in [7, 11) is 11.7. The normalized spacial score (nSPS) is 27.2. The molecule has 0 aromatic carbocycles. The van der Waals surface area contributed by atoms with E-state index in [9.17, 15) is 19.2 Å². The number of carbonyl (C=O) groups is 12. The van der Waals surface area contributed by atoms with E-state index in [0.717, 1.165) is 24.5 Å². The molecule has 14 atom stereocenters. The van der Waals surface area contributed by atoms with Crippen LogP contribution < -0.4 is 21.3 Å². The molecule has 27 nitrogen and oxygen atoms in total. The summed E-state index contributed by atoms with van der Waals surface area (Å²) in [6.07, 6.45) is 2.94. The first-order valence-electron chi connectivity index (χ1n) is 35.3. The molecule has 0 saturated carbocycles. The molecule has 2 heterocycles. The van der Waals surface area contributed by atoms with Crippen LogP contribution in [-0.2, 0) is 67.0 Å². The van der Waals surface area contributed by atoms with Crippen LogP contribution in [0.4, 0.5) is 0 Å². The topological polar surface area (TPSA) is 301 Å². The van der Waals surface area contributed by atoms with E-state index in [1.165, 1.54) is 106 Å². The lowest BCUT2D eigenvalue weighted by atomic mass is 9.91. The number of nitrogens with zero attached hydrogens (tertiary/aromatic N) is 9. The Morgan fingerprint density at radius 2 is 0.959 bits per heavy atom. The van der Waals surface area contributed by atoms with Gasteiger partial charge < -0.3 is 69.9 Å². The van der Waals surface area contributed by atoms with Gasteiger partial charge in [-0.15, -0.1) is 0 Å². The van der Waals surface area contributed by atoms with Crippen LogP contribution in [0.2, 0.25) is 0 Å². The van der Waals surface area contributed by atoms with Gasteiger partial charge in [0.15, 0.2) is 0 Å². The summed E-state index contributed by atoms with van der Waals surface area (Å²) in [4.78, 5) is 191. The van der Waals surface area contributed by atoms with Crippen molar-refractivity contribution in [2.75, 3.05) is 102 Å². The number of nitrogens with one attached hydrogen (secondary N) is 4. The number of piperazine rings is 1. The molecule has 11 amide bonds. The van der Waals surface area contributed by atoms with Crippen molar-refractivity contribution in [1.29, 1.82) is 0 Å². The van der Waals surface area contributed by atoms with Crippen LogP contribution in [0.15, 0.2) is 12.2 Å². The summed E-state index contributed by atoms with van der Waals surface area (Å²) in [6.45, 7) is 35.2. The standard InChI is InChI=1S/C71H127N13O14/c1-27-29-30-46(13)60(98-51(18)85)59-64(89)74-52(28-2)67(92)76(19)50(17)66(91)81(24)58(47(14)40-84-33-31-83(32-34-84)35-36-97-26)63(88)75-56(44(9)10)70(95)77(20)53(37-41(3)4)62(87)72-48(15)61(86)73-49(16)65(90)78(21)54(38-42(5)6)68(93)79(22)55(39-43(7)8)69(94)80(23)57(45(11)12)71(96)82(59)25/h27,29,41-50,52-60H,28,30-40H2,1-26H3,(H,72,87)(H,73,86)(H,74,89)(H,75,88)/b29-27+/t46-,47-,48+,49-,50-,52+,53+,54+,55+,56+,57+,58+,59+,60-/m1/s1. The van der Waals surface area contributed by atoms with E-state index in [2.05, 4.69) is 31.1 Å². The smallest absolute Gasteiger partial charge is 0.303 e. The Morgan fingerprint density at radius 3 is 1.44 bits per heavy atom.